The number of rotatable bonds is 7. The van der Waals surface area contributed by atoms with E-state index in [1.54, 1.807) is 4.57 Å². The molecule has 2 N–H and O–H groups in total. The Balaban J connectivity index is 1.75. The third-order valence-electron chi connectivity index (χ3n) is 4.67. The highest BCUT2D eigenvalue weighted by atomic mass is 32.2. The van der Waals surface area contributed by atoms with Crippen LogP contribution < -0.4 is 10.9 Å². The van der Waals surface area contributed by atoms with Gasteiger partial charge in [0.1, 0.15) is 5.52 Å². The first-order valence-corrected chi connectivity index (χ1v) is 10.8. The third-order valence-corrected chi connectivity index (χ3v) is 5.65. The topological polar surface area (TPSA) is 79.8 Å². The Hall–Kier alpha value is -2.54. The second kappa shape index (κ2) is 8.86. The minimum atomic E-state index is -0.0901. The maximum atomic E-state index is 12.9. The largest absolute Gasteiger partial charge is 0.353 e. The molecule has 7 heteroatoms. The molecule has 0 aliphatic carbocycles. The fourth-order valence-corrected chi connectivity index (χ4v) is 4.02. The number of H-pyrrole nitrogens is 1. The van der Waals surface area contributed by atoms with E-state index in [1.165, 1.54) is 17.3 Å². The standard InChI is InChI=1S/C22H28N4O2S/c1-13(2)11-26-21(28)20-18(10-15(4)23-20)25-22(26)29-12-19(27)24-16(5)17-8-6-14(3)7-9-17/h6-10,13,16,23H,11-12H2,1-5H3,(H,24,27)/t16-/m1/s1. The van der Waals surface area contributed by atoms with E-state index in [9.17, 15) is 9.59 Å². The van der Waals surface area contributed by atoms with Crippen LogP contribution in [0, 0.1) is 19.8 Å². The van der Waals surface area contributed by atoms with Crippen molar-refractivity contribution in [1.29, 1.82) is 0 Å². The Morgan fingerprint density at radius 3 is 2.55 bits per heavy atom. The minimum absolute atomic E-state index is 0.0793. The average molecular weight is 413 g/mol. The van der Waals surface area contributed by atoms with Crippen LogP contribution in [0.1, 0.15) is 43.6 Å². The molecular weight excluding hydrogens is 384 g/mol. The number of amides is 1. The zero-order chi connectivity index (χ0) is 21.1. The molecule has 154 valence electrons. The second-order valence-corrected chi connectivity index (χ2v) is 8.85. The molecule has 29 heavy (non-hydrogen) atoms. The number of aryl methyl sites for hydroxylation is 2. The smallest absolute Gasteiger partial charge is 0.278 e. The summed E-state index contributed by atoms with van der Waals surface area (Å²) in [5.41, 5.74) is 4.22. The molecule has 2 heterocycles. The van der Waals surface area contributed by atoms with E-state index in [4.69, 9.17) is 0 Å². The van der Waals surface area contributed by atoms with Crippen molar-refractivity contribution in [2.24, 2.45) is 5.92 Å². The zero-order valence-corrected chi connectivity index (χ0v) is 18.4. The molecule has 1 aromatic carbocycles. The van der Waals surface area contributed by atoms with E-state index < -0.39 is 0 Å². The summed E-state index contributed by atoms with van der Waals surface area (Å²) in [4.78, 5) is 33.2. The van der Waals surface area contributed by atoms with Crippen LogP contribution in [0.15, 0.2) is 40.3 Å². The Labute approximate surface area is 175 Å². The fraction of sp³-hybridized carbons (Fsp3) is 0.409. The van der Waals surface area contributed by atoms with Crippen LogP contribution in [0.2, 0.25) is 0 Å². The number of hydrogen-bond donors (Lipinski definition) is 2. The van der Waals surface area contributed by atoms with Crippen molar-refractivity contribution >= 4 is 28.7 Å². The first-order valence-electron chi connectivity index (χ1n) is 9.83. The summed E-state index contributed by atoms with van der Waals surface area (Å²) in [6.45, 7) is 10.6. The van der Waals surface area contributed by atoms with Gasteiger partial charge < -0.3 is 10.3 Å². The van der Waals surface area contributed by atoms with Gasteiger partial charge in [0.25, 0.3) is 5.56 Å². The monoisotopic (exact) mass is 412 g/mol. The average Bonchev–Trinajstić information content (AvgIpc) is 3.03. The number of fused-ring (bicyclic) bond motifs is 1. The molecule has 3 aromatic rings. The van der Waals surface area contributed by atoms with Gasteiger partial charge in [-0.2, -0.15) is 0 Å². The van der Waals surface area contributed by atoms with E-state index in [0.717, 1.165) is 11.3 Å². The van der Waals surface area contributed by atoms with Gasteiger partial charge in [0.15, 0.2) is 5.16 Å². The van der Waals surface area contributed by atoms with Gasteiger partial charge in [-0.25, -0.2) is 4.98 Å². The molecule has 0 saturated carbocycles. The number of aromatic amines is 1. The van der Waals surface area contributed by atoms with Crippen molar-refractivity contribution in [2.75, 3.05) is 5.75 Å². The summed E-state index contributed by atoms with van der Waals surface area (Å²) in [5, 5.41) is 3.60. The number of nitrogens with one attached hydrogen (secondary N) is 2. The summed E-state index contributed by atoms with van der Waals surface area (Å²) in [5.74, 6) is 0.409. The number of thioether (sulfide) groups is 1. The highest BCUT2D eigenvalue weighted by Crippen LogP contribution is 2.20. The van der Waals surface area contributed by atoms with Gasteiger partial charge >= 0.3 is 0 Å². The van der Waals surface area contributed by atoms with Crippen LogP contribution in [-0.4, -0.2) is 26.2 Å². The normalized spacial score (nSPS) is 12.5. The van der Waals surface area contributed by atoms with E-state index in [1.807, 2.05) is 51.1 Å². The molecule has 0 aliphatic heterocycles. The predicted molar refractivity (Wildman–Crippen MR) is 118 cm³/mol. The SMILES string of the molecule is Cc1ccc([C@@H](C)NC(=O)CSc2nc3cc(C)[nH]c3c(=O)n2CC(C)C)cc1. The van der Waals surface area contributed by atoms with Crippen molar-refractivity contribution in [1.82, 2.24) is 19.9 Å². The van der Waals surface area contributed by atoms with Crippen LogP contribution in [0.3, 0.4) is 0 Å². The highest BCUT2D eigenvalue weighted by molar-refractivity contribution is 7.99. The van der Waals surface area contributed by atoms with Gasteiger partial charge in [0.2, 0.25) is 5.91 Å². The third kappa shape index (κ3) is 5.09. The van der Waals surface area contributed by atoms with Gasteiger partial charge in [0.05, 0.1) is 17.3 Å². The maximum absolute atomic E-state index is 12.9. The second-order valence-electron chi connectivity index (χ2n) is 7.91. The first-order chi connectivity index (χ1) is 13.7. The molecule has 0 radical (unpaired) electrons. The number of carbonyl (C=O) groups excluding carboxylic acids is 1. The molecule has 6 nitrogen and oxygen atoms in total. The Morgan fingerprint density at radius 1 is 1.21 bits per heavy atom. The zero-order valence-electron chi connectivity index (χ0n) is 17.6. The van der Waals surface area contributed by atoms with Gasteiger partial charge in [-0.3, -0.25) is 14.2 Å². The number of nitrogens with zero attached hydrogens (tertiary/aromatic N) is 2. The molecule has 1 amide bonds. The van der Waals surface area contributed by atoms with Crippen LogP contribution in [0.25, 0.3) is 11.0 Å². The molecule has 2 aromatic heterocycles. The molecule has 0 spiro atoms. The van der Waals surface area contributed by atoms with Crippen molar-refractivity contribution in [3.05, 3.63) is 57.5 Å². The van der Waals surface area contributed by atoms with E-state index in [0.29, 0.717) is 22.7 Å². The molecule has 0 aliphatic rings. The van der Waals surface area contributed by atoms with E-state index in [-0.39, 0.29) is 29.2 Å². The number of aromatic nitrogens is 3. The number of benzene rings is 1. The van der Waals surface area contributed by atoms with Crippen molar-refractivity contribution in [2.45, 2.75) is 52.4 Å². The van der Waals surface area contributed by atoms with Crippen molar-refractivity contribution in [3.63, 3.8) is 0 Å². The summed E-state index contributed by atoms with van der Waals surface area (Å²) < 4.78 is 1.67. The van der Waals surface area contributed by atoms with Crippen LogP contribution in [-0.2, 0) is 11.3 Å². The summed E-state index contributed by atoms with van der Waals surface area (Å²) >= 11 is 1.30. The Morgan fingerprint density at radius 2 is 1.90 bits per heavy atom. The Bertz CT molecular complexity index is 1070. The quantitative estimate of drug-likeness (QED) is 0.455. The minimum Gasteiger partial charge on any atom is -0.353 e. The lowest BCUT2D eigenvalue weighted by Crippen LogP contribution is -2.29. The molecule has 0 saturated heterocycles. The summed E-state index contributed by atoms with van der Waals surface area (Å²) in [7, 11) is 0. The van der Waals surface area contributed by atoms with Crippen LogP contribution in [0.5, 0.6) is 0 Å². The highest BCUT2D eigenvalue weighted by Gasteiger charge is 2.16. The lowest BCUT2D eigenvalue weighted by Gasteiger charge is -2.16. The van der Waals surface area contributed by atoms with Crippen LogP contribution in [0.4, 0.5) is 0 Å². The van der Waals surface area contributed by atoms with E-state index in [2.05, 4.69) is 29.1 Å². The molecule has 0 bridgehead atoms. The number of carbonyl (C=O) groups is 1. The molecule has 0 fully saturated rings. The first kappa shape index (κ1) is 21.2. The lowest BCUT2D eigenvalue weighted by molar-refractivity contribution is -0.119. The predicted octanol–water partition coefficient (Wildman–Crippen LogP) is 3.97. The molecule has 0 unspecified atom stereocenters. The van der Waals surface area contributed by atoms with E-state index >= 15 is 0 Å². The molecule has 1 atom stereocenters. The summed E-state index contributed by atoms with van der Waals surface area (Å²) in [6, 6.07) is 9.91. The van der Waals surface area contributed by atoms with Crippen molar-refractivity contribution in [3.8, 4) is 0 Å². The Kier molecular flexibility index (Phi) is 6.47. The molecular formula is C22H28N4O2S. The number of hydrogen-bond acceptors (Lipinski definition) is 4. The maximum Gasteiger partial charge on any atom is 0.278 e. The fourth-order valence-electron chi connectivity index (χ4n) is 3.20. The van der Waals surface area contributed by atoms with Gasteiger partial charge in [-0.1, -0.05) is 55.4 Å². The van der Waals surface area contributed by atoms with Gasteiger partial charge in [-0.15, -0.1) is 0 Å². The lowest BCUT2D eigenvalue weighted by atomic mass is 10.1. The van der Waals surface area contributed by atoms with Crippen LogP contribution >= 0.6 is 11.8 Å². The van der Waals surface area contributed by atoms with Crippen molar-refractivity contribution < 1.29 is 4.79 Å². The van der Waals surface area contributed by atoms with Gasteiger partial charge in [-0.05, 0) is 38.3 Å². The van der Waals surface area contributed by atoms with Gasteiger partial charge in [0, 0.05) is 12.2 Å². The molecule has 3 rings (SSSR count). The summed E-state index contributed by atoms with van der Waals surface area (Å²) in [6.07, 6.45) is 0.